The number of pyridine rings is 1. The van der Waals surface area contributed by atoms with E-state index in [1.807, 2.05) is 12.1 Å². The van der Waals surface area contributed by atoms with Gasteiger partial charge in [-0.25, -0.2) is 4.98 Å². The molecule has 2 unspecified atom stereocenters. The minimum absolute atomic E-state index is 0.206. The summed E-state index contributed by atoms with van der Waals surface area (Å²) in [5.74, 6) is 0. The van der Waals surface area contributed by atoms with Gasteiger partial charge < -0.3 is 10.5 Å². The van der Waals surface area contributed by atoms with Crippen molar-refractivity contribution in [2.75, 3.05) is 13.2 Å². The summed E-state index contributed by atoms with van der Waals surface area (Å²) in [6.07, 6.45) is 2.73. The predicted molar refractivity (Wildman–Crippen MR) is 65.0 cm³/mol. The zero-order valence-electron chi connectivity index (χ0n) is 8.23. The zero-order valence-corrected chi connectivity index (χ0v) is 10.6. The number of halogens is 1. The van der Waals surface area contributed by atoms with Gasteiger partial charge in [0.05, 0.1) is 6.61 Å². The fraction of sp³-hybridized carbons (Fsp3) is 0.500. The van der Waals surface area contributed by atoms with Crippen molar-refractivity contribution in [3.05, 3.63) is 22.8 Å². The van der Waals surface area contributed by atoms with E-state index in [-0.39, 0.29) is 6.04 Å². The number of thioether (sulfide) groups is 1. The summed E-state index contributed by atoms with van der Waals surface area (Å²) in [4.78, 5) is 4.31. The van der Waals surface area contributed by atoms with Crippen LogP contribution >= 0.6 is 27.7 Å². The van der Waals surface area contributed by atoms with Gasteiger partial charge in [0.2, 0.25) is 0 Å². The molecule has 1 fully saturated rings. The normalized spacial score (nSPS) is 26.5. The van der Waals surface area contributed by atoms with E-state index in [0.29, 0.717) is 5.25 Å². The first-order chi connectivity index (χ1) is 7.27. The van der Waals surface area contributed by atoms with Gasteiger partial charge in [0, 0.05) is 28.6 Å². The highest BCUT2D eigenvalue weighted by Crippen LogP contribution is 2.31. The Morgan fingerprint density at radius 2 is 2.47 bits per heavy atom. The Hall–Kier alpha value is -0.100. The SMILES string of the molecule is NC1CCOCC1Sc1ncccc1Br. The van der Waals surface area contributed by atoms with Gasteiger partial charge in [-0.3, -0.25) is 0 Å². The highest BCUT2D eigenvalue weighted by atomic mass is 79.9. The van der Waals surface area contributed by atoms with Gasteiger partial charge in [-0.2, -0.15) is 0 Å². The van der Waals surface area contributed by atoms with E-state index >= 15 is 0 Å². The van der Waals surface area contributed by atoms with E-state index in [0.717, 1.165) is 29.1 Å². The number of nitrogens with zero attached hydrogens (tertiary/aromatic N) is 1. The zero-order chi connectivity index (χ0) is 10.7. The molecule has 0 amide bonds. The molecule has 1 aromatic heterocycles. The van der Waals surface area contributed by atoms with Crippen molar-refractivity contribution in [2.24, 2.45) is 5.73 Å². The van der Waals surface area contributed by atoms with Gasteiger partial charge in [0.25, 0.3) is 0 Å². The average Bonchev–Trinajstić information content (AvgIpc) is 2.24. The molecule has 0 bridgehead atoms. The molecule has 2 rings (SSSR count). The molecule has 3 nitrogen and oxygen atoms in total. The first-order valence-electron chi connectivity index (χ1n) is 4.88. The lowest BCUT2D eigenvalue weighted by Gasteiger charge is -2.27. The van der Waals surface area contributed by atoms with Gasteiger partial charge in [-0.1, -0.05) is 11.8 Å². The highest BCUT2D eigenvalue weighted by Gasteiger charge is 2.24. The van der Waals surface area contributed by atoms with Crippen LogP contribution in [0.3, 0.4) is 0 Å². The molecule has 0 aromatic carbocycles. The molecular formula is C10H13BrN2OS. The second-order valence-electron chi connectivity index (χ2n) is 3.47. The molecule has 5 heteroatoms. The first kappa shape index (κ1) is 11.4. The summed E-state index contributed by atoms with van der Waals surface area (Å²) in [5.41, 5.74) is 6.03. The Kier molecular flexibility index (Phi) is 4.02. The van der Waals surface area contributed by atoms with E-state index < -0.39 is 0 Å². The van der Waals surface area contributed by atoms with E-state index in [9.17, 15) is 0 Å². The molecule has 0 spiro atoms. The molecule has 2 atom stereocenters. The van der Waals surface area contributed by atoms with Crippen molar-refractivity contribution in [3.63, 3.8) is 0 Å². The van der Waals surface area contributed by atoms with Crippen LogP contribution in [0, 0.1) is 0 Å². The fourth-order valence-electron chi connectivity index (χ4n) is 1.45. The van der Waals surface area contributed by atoms with E-state index in [1.165, 1.54) is 0 Å². The fourth-order valence-corrected chi connectivity index (χ4v) is 3.05. The Bertz CT molecular complexity index is 337. The maximum atomic E-state index is 6.03. The largest absolute Gasteiger partial charge is 0.380 e. The number of rotatable bonds is 2. The van der Waals surface area contributed by atoms with Crippen LogP contribution in [0.4, 0.5) is 0 Å². The van der Waals surface area contributed by atoms with Crippen LogP contribution in [-0.2, 0) is 4.74 Å². The lowest BCUT2D eigenvalue weighted by Crippen LogP contribution is -2.40. The third-order valence-corrected chi connectivity index (χ3v) is 4.58. The van der Waals surface area contributed by atoms with E-state index in [4.69, 9.17) is 10.5 Å². The van der Waals surface area contributed by atoms with Gasteiger partial charge in [-0.15, -0.1) is 0 Å². The summed E-state index contributed by atoms with van der Waals surface area (Å²) in [7, 11) is 0. The average molecular weight is 289 g/mol. The second kappa shape index (κ2) is 5.30. The van der Waals surface area contributed by atoms with Crippen LogP contribution in [0.15, 0.2) is 27.8 Å². The molecule has 0 radical (unpaired) electrons. The van der Waals surface area contributed by atoms with Crippen molar-refractivity contribution in [1.29, 1.82) is 0 Å². The molecule has 1 saturated heterocycles. The molecule has 0 aliphatic carbocycles. The Balaban J connectivity index is 2.04. The van der Waals surface area contributed by atoms with Crippen LogP contribution < -0.4 is 5.73 Å². The monoisotopic (exact) mass is 288 g/mol. The van der Waals surface area contributed by atoms with Crippen molar-refractivity contribution in [3.8, 4) is 0 Å². The molecule has 2 N–H and O–H groups in total. The van der Waals surface area contributed by atoms with Gasteiger partial charge >= 0.3 is 0 Å². The maximum absolute atomic E-state index is 6.03. The Morgan fingerprint density at radius 3 is 3.20 bits per heavy atom. The summed E-state index contributed by atoms with van der Waals surface area (Å²) in [5, 5.41) is 1.30. The summed E-state index contributed by atoms with van der Waals surface area (Å²) < 4.78 is 6.44. The number of hydrogen-bond acceptors (Lipinski definition) is 4. The molecule has 15 heavy (non-hydrogen) atoms. The van der Waals surface area contributed by atoms with Gasteiger partial charge in [0.15, 0.2) is 0 Å². The molecule has 82 valence electrons. The van der Waals surface area contributed by atoms with E-state index in [2.05, 4.69) is 20.9 Å². The third-order valence-electron chi connectivity index (χ3n) is 2.34. The molecule has 2 heterocycles. The summed E-state index contributed by atoms with van der Waals surface area (Å²) in [6, 6.07) is 4.10. The number of ether oxygens (including phenoxy) is 1. The van der Waals surface area contributed by atoms with Crippen LogP contribution in [0.5, 0.6) is 0 Å². The second-order valence-corrected chi connectivity index (χ2v) is 5.56. The predicted octanol–water partition coefficient (Wildman–Crippen LogP) is 2.05. The molecule has 0 saturated carbocycles. The minimum atomic E-state index is 0.206. The number of hydrogen-bond donors (Lipinski definition) is 1. The van der Waals surface area contributed by atoms with Crippen LogP contribution in [-0.4, -0.2) is 29.5 Å². The standard InChI is InChI=1S/C10H13BrN2OS/c11-7-2-1-4-13-10(7)15-9-6-14-5-3-8(9)12/h1-2,4,8-9H,3,5-6,12H2. The van der Waals surface area contributed by atoms with Crippen molar-refractivity contribution < 1.29 is 4.74 Å². The smallest absolute Gasteiger partial charge is 0.111 e. The molecular weight excluding hydrogens is 276 g/mol. The lowest BCUT2D eigenvalue weighted by molar-refractivity contribution is 0.0915. The Morgan fingerprint density at radius 1 is 1.60 bits per heavy atom. The minimum Gasteiger partial charge on any atom is -0.380 e. The Labute approximate surface area is 102 Å². The van der Waals surface area contributed by atoms with Crippen molar-refractivity contribution in [2.45, 2.75) is 22.7 Å². The summed E-state index contributed by atoms with van der Waals surface area (Å²) >= 11 is 5.17. The third kappa shape index (κ3) is 2.93. The molecule has 1 aromatic rings. The van der Waals surface area contributed by atoms with Gasteiger partial charge in [-0.05, 0) is 34.5 Å². The first-order valence-corrected chi connectivity index (χ1v) is 6.55. The van der Waals surface area contributed by atoms with E-state index in [1.54, 1.807) is 18.0 Å². The van der Waals surface area contributed by atoms with Crippen LogP contribution in [0.1, 0.15) is 6.42 Å². The molecule has 1 aliphatic rings. The molecule has 1 aliphatic heterocycles. The number of aromatic nitrogens is 1. The van der Waals surface area contributed by atoms with Crippen LogP contribution in [0.25, 0.3) is 0 Å². The van der Waals surface area contributed by atoms with Gasteiger partial charge in [0.1, 0.15) is 5.03 Å². The van der Waals surface area contributed by atoms with Crippen LogP contribution in [0.2, 0.25) is 0 Å². The lowest BCUT2D eigenvalue weighted by atomic mass is 10.1. The topological polar surface area (TPSA) is 48.1 Å². The maximum Gasteiger partial charge on any atom is 0.111 e. The van der Waals surface area contributed by atoms with Crippen molar-refractivity contribution in [1.82, 2.24) is 4.98 Å². The highest BCUT2D eigenvalue weighted by molar-refractivity contribution is 9.10. The summed E-state index contributed by atoms with van der Waals surface area (Å²) in [6.45, 7) is 1.50. The quantitative estimate of drug-likeness (QED) is 0.905. The van der Waals surface area contributed by atoms with Crippen molar-refractivity contribution >= 4 is 27.7 Å². The number of nitrogens with two attached hydrogens (primary N) is 1.